The monoisotopic (exact) mass is 334 g/mol. The molecule has 0 saturated carbocycles. The lowest BCUT2D eigenvalue weighted by molar-refractivity contribution is 0.0527. The number of carbonyl (C=O) groups is 1. The van der Waals surface area contributed by atoms with E-state index < -0.39 is 10.1 Å². The van der Waals surface area contributed by atoms with Crippen molar-refractivity contribution in [3.8, 4) is 11.1 Å². The van der Waals surface area contributed by atoms with Crippen LogP contribution in [0.5, 0.6) is 0 Å². The van der Waals surface area contributed by atoms with E-state index >= 15 is 0 Å². The van der Waals surface area contributed by atoms with Gasteiger partial charge in [-0.2, -0.15) is 8.42 Å². The average Bonchev–Trinajstić information content (AvgIpc) is 2.53. The molecule has 0 bridgehead atoms. The number of esters is 1. The second-order valence-corrected chi connectivity index (χ2v) is 6.57. The minimum atomic E-state index is -3.47. The quantitative estimate of drug-likeness (QED) is 0.600. The van der Waals surface area contributed by atoms with Crippen molar-refractivity contribution in [3.63, 3.8) is 0 Å². The third kappa shape index (κ3) is 4.91. The minimum absolute atomic E-state index is 0.0152. The molecule has 0 spiro atoms. The summed E-state index contributed by atoms with van der Waals surface area (Å²) in [6.45, 7) is 2.06. The topological polar surface area (TPSA) is 69.7 Å². The van der Waals surface area contributed by atoms with E-state index in [1.165, 1.54) is 0 Å². The second-order valence-electron chi connectivity index (χ2n) is 4.93. The molecule has 0 heterocycles. The molecule has 2 aromatic carbocycles. The van der Waals surface area contributed by atoms with Crippen LogP contribution >= 0.6 is 0 Å². The average molecular weight is 334 g/mol. The van der Waals surface area contributed by atoms with Crippen LogP contribution in [0.2, 0.25) is 0 Å². The van der Waals surface area contributed by atoms with Crippen molar-refractivity contribution in [2.45, 2.75) is 13.5 Å². The predicted molar refractivity (Wildman–Crippen MR) is 87.5 cm³/mol. The van der Waals surface area contributed by atoms with Gasteiger partial charge in [0.1, 0.15) is 0 Å². The fraction of sp³-hybridized carbons (Fsp3) is 0.235. The smallest absolute Gasteiger partial charge is 0.338 e. The Kier molecular flexibility index (Phi) is 5.52. The lowest BCUT2D eigenvalue weighted by Gasteiger charge is -2.09. The van der Waals surface area contributed by atoms with Crippen LogP contribution in [0.3, 0.4) is 0 Å². The summed E-state index contributed by atoms with van der Waals surface area (Å²) in [5.41, 5.74) is 2.83. The number of benzene rings is 2. The van der Waals surface area contributed by atoms with Gasteiger partial charge in [-0.1, -0.05) is 42.5 Å². The number of carbonyl (C=O) groups excluding carboxylic acids is 1. The molecule has 2 rings (SSSR count). The lowest BCUT2D eigenvalue weighted by atomic mass is 9.99. The predicted octanol–water partition coefficient (Wildman–Crippen LogP) is 3.01. The third-order valence-electron chi connectivity index (χ3n) is 3.13. The number of rotatable bonds is 6. The van der Waals surface area contributed by atoms with Gasteiger partial charge in [0.2, 0.25) is 0 Å². The zero-order valence-electron chi connectivity index (χ0n) is 13.0. The fourth-order valence-corrected chi connectivity index (χ4v) is 2.43. The molecule has 6 heteroatoms. The molecule has 0 unspecified atom stereocenters. The highest BCUT2D eigenvalue weighted by Crippen LogP contribution is 2.25. The first kappa shape index (κ1) is 17.2. The Morgan fingerprint density at radius 3 is 2.30 bits per heavy atom. The van der Waals surface area contributed by atoms with Crippen LogP contribution in [-0.4, -0.2) is 27.2 Å². The molecule has 0 aliphatic heterocycles. The van der Waals surface area contributed by atoms with Crippen molar-refractivity contribution in [2.75, 3.05) is 12.9 Å². The summed E-state index contributed by atoms with van der Waals surface area (Å²) >= 11 is 0. The summed E-state index contributed by atoms with van der Waals surface area (Å²) in [4.78, 5) is 12.0. The van der Waals surface area contributed by atoms with E-state index in [9.17, 15) is 13.2 Å². The van der Waals surface area contributed by atoms with Gasteiger partial charge < -0.3 is 4.74 Å². The van der Waals surface area contributed by atoms with E-state index in [1.54, 1.807) is 31.2 Å². The van der Waals surface area contributed by atoms with Crippen LogP contribution < -0.4 is 0 Å². The van der Waals surface area contributed by atoms with E-state index in [-0.39, 0.29) is 12.6 Å². The highest BCUT2D eigenvalue weighted by molar-refractivity contribution is 7.85. The van der Waals surface area contributed by atoms with Crippen molar-refractivity contribution < 1.29 is 22.1 Å². The van der Waals surface area contributed by atoms with Gasteiger partial charge in [-0.25, -0.2) is 4.79 Å². The SMILES string of the molecule is CCOC(=O)c1ccccc1-c1ccc(COS(C)(=O)=O)cc1. The fourth-order valence-electron chi connectivity index (χ4n) is 2.08. The van der Waals surface area contributed by atoms with Gasteiger partial charge in [0.15, 0.2) is 0 Å². The molecule has 2 aromatic rings. The maximum Gasteiger partial charge on any atom is 0.338 e. The minimum Gasteiger partial charge on any atom is -0.462 e. The van der Waals surface area contributed by atoms with Gasteiger partial charge in [-0.3, -0.25) is 4.18 Å². The zero-order chi connectivity index (χ0) is 16.9. The van der Waals surface area contributed by atoms with E-state index in [0.717, 1.165) is 22.9 Å². The summed E-state index contributed by atoms with van der Waals surface area (Å²) in [7, 11) is -3.47. The van der Waals surface area contributed by atoms with E-state index in [1.807, 2.05) is 24.3 Å². The number of ether oxygens (including phenoxy) is 1. The Labute approximate surface area is 136 Å². The molecule has 0 aliphatic rings. The van der Waals surface area contributed by atoms with Crippen LogP contribution in [0.15, 0.2) is 48.5 Å². The molecule has 0 atom stereocenters. The van der Waals surface area contributed by atoms with Crippen LogP contribution in [-0.2, 0) is 25.6 Å². The number of hydrogen-bond acceptors (Lipinski definition) is 5. The Balaban J connectivity index is 2.24. The van der Waals surface area contributed by atoms with Crippen molar-refractivity contribution >= 4 is 16.1 Å². The Morgan fingerprint density at radius 1 is 1.04 bits per heavy atom. The largest absolute Gasteiger partial charge is 0.462 e. The maximum absolute atomic E-state index is 12.0. The van der Waals surface area contributed by atoms with Crippen LogP contribution in [0.1, 0.15) is 22.8 Å². The summed E-state index contributed by atoms with van der Waals surface area (Å²) in [5.74, 6) is -0.368. The Bertz CT molecular complexity index is 779. The molecule has 0 radical (unpaired) electrons. The van der Waals surface area contributed by atoms with E-state index in [4.69, 9.17) is 8.92 Å². The summed E-state index contributed by atoms with van der Waals surface area (Å²) in [6.07, 6.45) is 1.01. The van der Waals surface area contributed by atoms with Crippen LogP contribution in [0, 0.1) is 0 Å². The van der Waals surface area contributed by atoms with Crippen molar-refractivity contribution in [3.05, 3.63) is 59.7 Å². The van der Waals surface area contributed by atoms with Crippen LogP contribution in [0.4, 0.5) is 0 Å². The van der Waals surface area contributed by atoms with Crippen LogP contribution in [0.25, 0.3) is 11.1 Å². The normalized spacial score (nSPS) is 11.2. The van der Waals surface area contributed by atoms with E-state index in [2.05, 4.69) is 0 Å². The molecule has 122 valence electrons. The van der Waals surface area contributed by atoms with E-state index in [0.29, 0.717) is 12.2 Å². The molecule has 0 aromatic heterocycles. The van der Waals surface area contributed by atoms with Crippen molar-refractivity contribution in [2.24, 2.45) is 0 Å². The Hall–Kier alpha value is -2.18. The first-order chi connectivity index (χ1) is 10.9. The van der Waals surface area contributed by atoms with Gasteiger partial charge in [0, 0.05) is 0 Å². The molecule has 0 aliphatic carbocycles. The van der Waals surface area contributed by atoms with Gasteiger partial charge in [0.25, 0.3) is 10.1 Å². The molecular weight excluding hydrogens is 316 g/mol. The maximum atomic E-state index is 12.0. The summed E-state index contributed by atoms with van der Waals surface area (Å²) < 4.78 is 31.8. The van der Waals surface area contributed by atoms with Gasteiger partial charge >= 0.3 is 5.97 Å². The molecule has 0 N–H and O–H groups in total. The molecule has 0 fully saturated rings. The van der Waals surface area contributed by atoms with Crippen molar-refractivity contribution in [1.82, 2.24) is 0 Å². The standard InChI is InChI=1S/C17H18O5S/c1-3-21-17(18)16-7-5-4-6-15(16)14-10-8-13(9-11-14)12-22-23(2,19)20/h4-11H,3,12H2,1-2H3. The lowest BCUT2D eigenvalue weighted by Crippen LogP contribution is -2.06. The molecule has 0 saturated heterocycles. The highest BCUT2D eigenvalue weighted by atomic mass is 32.2. The Morgan fingerprint density at radius 2 is 1.70 bits per heavy atom. The third-order valence-corrected chi connectivity index (χ3v) is 3.67. The van der Waals surface area contributed by atoms with Crippen molar-refractivity contribution in [1.29, 1.82) is 0 Å². The molecule has 5 nitrogen and oxygen atoms in total. The highest BCUT2D eigenvalue weighted by Gasteiger charge is 2.13. The summed E-state index contributed by atoms with van der Waals surface area (Å²) in [5, 5.41) is 0. The first-order valence-corrected chi connectivity index (χ1v) is 8.92. The molecule has 23 heavy (non-hydrogen) atoms. The summed E-state index contributed by atoms with van der Waals surface area (Å²) in [6, 6.07) is 14.4. The van der Waals surface area contributed by atoms with Gasteiger partial charge in [0.05, 0.1) is 25.0 Å². The second kappa shape index (κ2) is 7.39. The zero-order valence-corrected chi connectivity index (χ0v) is 13.8. The first-order valence-electron chi connectivity index (χ1n) is 7.10. The molecule has 0 amide bonds. The van der Waals surface area contributed by atoms with Gasteiger partial charge in [-0.05, 0) is 29.7 Å². The number of hydrogen-bond donors (Lipinski definition) is 0. The molecular formula is C17H18O5S. The van der Waals surface area contributed by atoms with Gasteiger partial charge in [-0.15, -0.1) is 0 Å².